The molecule has 2 fully saturated rings. The minimum atomic E-state index is -3.04. The van der Waals surface area contributed by atoms with Crippen LogP contribution in [0.1, 0.15) is 56.0 Å². The summed E-state index contributed by atoms with van der Waals surface area (Å²) in [5.74, 6) is 1.89. The lowest BCUT2D eigenvalue weighted by Crippen LogP contribution is -2.60. The van der Waals surface area contributed by atoms with Gasteiger partial charge in [-0.1, -0.05) is 24.4 Å². The van der Waals surface area contributed by atoms with E-state index in [1.54, 1.807) is 0 Å². The number of guanidine groups is 1. The smallest absolute Gasteiger partial charge is 0.194 e. The minimum absolute atomic E-state index is 0.223. The van der Waals surface area contributed by atoms with Crippen LogP contribution in [0.25, 0.3) is 0 Å². The summed E-state index contributed by atoms with van der Waals surface area (Å²) < 4.78 is 30.3. The minimum Gasteiger partial charge on any atom is -0.361 e. The molecule has 0 atom stereocenters. The molecule has 1 aromatic rings. The molecule has 1 aliphatic heterocycles. The Morgan fingerprint density at radius 2 is 2.04 bits per heavy atom. The van der Waals surface area contributed by atoms with Crippen LogP contribution in [0.3, 0.4) is 0 Å². The maximum absolute atomic E-state index is 12.8. The fourth-order valence-electron chi connectivity index (χ4n) is 4.38. The lowest BCUT2D eigenvalue weighted by molar-refractivity contribution is 0.274. The fraction of sp³-hybridized carbons (Fsp3) is 0.789. The Balaban J connectivity index is 1.74. The van der Waals surface area contributed by atoms with Crippen LogP contribution < -0.4 is 5.32 Å². The van der Waals surface area contributed by atoms with Crippen molar-refractivity contribution in [1.29, 1.82) is 0 Å². The highest BCUT2D eigenvalue weighted by Gasteiger charge is 2.48. The number of hydrogen-bond donors (Lipinski definition) is 1. The van der Waals surface area contributed by atoms with Crippen LogP contribution in [0, 0.1) is 13.8 Å². The van der Waals surface area contributed by atoms with Crippen LogP contribution >= 0.6 is 0 Å². The van der Waals surface area contributed by atoms with Gasteiger partial charge in [-0.15, -0.1) is 0 Å². The van der Waals surface area contributed by atoms with Gasteiger partial charge in [0.15, 0.2) is 15.8 Å². The van der Waals surface area contributed by atoms with E-state index in [2.05, 4.69) is 15.4 Å². The largest absolute Gasteiger partial charge is 0.361 e. The summed E-state index contributed by atoms with van der Waals surface area (Å²) in [6.45, 7) is 8.38. The van der Waals surface area contributed by atoms with Gasteiger partial charge in [-0.3, -0.25) is 4.99 Å². The zero-order valence-electron chi connectivity index (χ0n) is 16.8. The highest BCUT2D eigenvalue weighted by molar-refractivity contribution is 7.92. The van der Waals surface area contributed by atoms with E-state index in [-0.39, 0.29) is 5.75 Å². The Bertz CT molecular complexity index is 759. The zero-order valence-corrected chi connectivity index (χ0v) is 17.6. The van der Waals surface area contributed by atoms with Crippen molar-refractivity contribution in [3.8, 4) is 0 Å². The van der Waals surface area contributed by atoms with Crippen LogP contribution in [0.5, 0.6) is 0 Å². The average molecular weight is 397 g/mol. The molecular formula is C19H32N4O3S. The Kier molecular flexibility index (Phi) is 6.13. The molecule has 1 N–H and O–H groups in total. The number of hydrogen-bond acceptors (Lipinski definition) is 5. The van der Waals surface area contributed by atoms with E-state index >= 15 is 0 Å². The maximum atomic E-state index is 12.8. The second kappa shape index (κ2) is 8.20. The molecule has 2 aliphatic rings. The molecular weight excluding hydrogens is 364 g/mol. The molecule has 1 aromatic heterocycles. The predicted molar refractivity (Wildman–Crippen MR) is 107 cm³/mol. The molecule has 2 heterocycles. The monoisotopic (exact) mass is 396 g/mol. The van der Waals surface area contributed by atoms with E-state index in [0.29, 0.717) is 19.6 Å². The van der Waals surface area contributed by atoms with Crippen molar-refractivity contribution >= 4 is 15.8 Å². The summed E-state index contributed by atoms with van der Waals surface area (Å²) in [6, 6.07) is 0. The van der Waals surface area contributed by atoms with E-state index in [1.807, 2.05) is 20.8 Å². The first-order chi connectivity index (χ1) is 12.9. The molecule has 0 aromatic carbocycles. The third-order valence-electron chi connectivity index (χ3n) is 5.97. The highest BCUT2D eigenvalue weighted by atomic mass is 32.2. The van der Waals surface area contributed by atoms with Gasteiger partial charge >= 0.3 is 0 Å². The van der Waals surface area contributed by atoms with Gasteiger partial charge in [0.1, 0.15) is 5.76 Å². The van der Waals surface area contributed by atoms with Gasteiger partial charge in [-0.2, -0.15) is 0 Å². The summed E-state index contributed by atoms with van der Waals surface area (Å²) in [5.41, 5.74) is 2.03. The Morgan fingerprint density at radius 1 is 1.30 bits per heavy atom. The highest BCUT2D eigenvalue weighted by Crippen LogP contribution is 2.38. The van der Waals surface area contributed by atoms with Crippen LogP contribution in [0.2, 0.25) is 0 Å². The Morgan fingerprint density at radius 3 is 2.67 bits per heavy atom. The molecule has 7 nitrogen and oxygen atoms in total. The SMILES string of the molecule is CCNC(=NCCc1c(C)noc1C)N1CCS(=O)(=O)C2(CCCCC2)C1. The van der Waals surface area contributed by atoms with Gasteiger partial charge in [-0.25, -0.2) is 8.42 Å². The molecule has 0 radical (unpaired) electrons. The number of aromatic nitrogens is 1. The third kappa shape index (κ3) is 4.15. The summed E-state index contributed by atoms with van der Waals surface area (Å²) in [5, 5.41) is 7.35. The molecule has 1 saturated carbocycles. The van der Waals surface area contributed by atoms with Crippen molar-refractivity contribution in [3.63, 3.8) is 0 Å². The second-order valence-corrected chi connectivity index (χ2v) is 10.3. The second-order valence-electron chi connectivity index (χ2n) is 7.77. The zero-order chi connectivity index (χ0) is 19.5. The predicted octanol–water partition coefficient (Wildman–Crippen LogP) is 2.23. The first kappa shape index (κ1) is 20.2. The van der Waals surface area contributed by atoms with E-state index in [0.717, 1.165) is 68.0 Å². The van der Waals surface area contributed by atoms with Crippen LogP contribution in [-0.2, 0) is 16.3 Å². The van der Waals surface area contributed by atoms with Crippen molar-refractivity contribution in [3.05, 3.63) is 17.0 Å². The van der Waals surface area contributed by atoms with Crippen molar-refractivity contribution in [2.24, 2.45) is 4.99 Å². The molecule has 0 unspecified atom stereocenters. The number of sulfone groups is 1. The average Bonchev–Trinajstić information content (AvgIpc) is 2.96. The maximum Gasteiger partial charge on any atom is 0.194 e. The number of rotatable bonds is 4. The normalized spacial score (nSPS) is 22.2. The van der Waals surface area contributed by atoms with E-state index in [4.69, 9.17) is 9.52 Å². The van der Waals surface area contributed by atoms with Crippen LogP contribution in [-0.4, -0.2) is 61.1 Å². The van der Waals surface area contributed by atoms with E-state index in [1.165, 1.54) is 0 Å². The first-order valence-electron chi connectivity index (χ1n) is 10.1. The fourth-order valence-corrected chi connectivity index (χ4v) is 6.53. The summed E-state index contributed by atoms with van der Waals surface area (Å²) in [6.07, 6.45) is 5.49. The third-order valence-corrected chi connectivity index (χ3v) is 8.55. The van der Waals surface area contributed by atoms with E-state index in [9.17, 15) is 8.42 Å². The quantitative estimate of drug-likeness (QED) is 0.620. The number of aryl methyl sites for hydroxylation is 2. The molecule has 152 valence electrons. The van der Waals surface area contributed by atoms with Crippen molar-refractivity contribution in [1.82, 2.24) is 15.4 Å². The number of aliphatic imine (C=N–C) groups is 1. The van der Waals surface area contributed by atoms with Gasteiger partial charge in [0.25, 0.3) is 0 Å². The van der Waals surface area contributed by atoms with Gasteiger partial charge in [0.2, 0.25) is 0 Å². The van der Waals surface area contributed by atoms with Crippen LogP contribution in [0.4, 0.5) is 0 Å². The van der Waals surface area contributed by atoms with Gasteiger partial charge in [0, 0.05) is 31.7 Å². The lowest BCUT2D eigenvalue weighted by atomic mass is 9.87. The molecule has 1 aliphatic carbocycles. The number of nitrogens with zero attached hydrogens (tertiary/aromatic N) is 3. The molecule has 27 heavy (non-hydrogen) atoms. The summed E-state index contributed by atoms with van der Waals surface area (Å²) in [7, 11) is -3.04. The van der Waals surface area contributed by atoms with Gasteiger partial charge in [0.05, 0.1) is 16.2 Å². The molecule has 8 heteroatoms. The Labute approximate surface area is 162 Å². The Hall–Kier alpha value is -1.57. The summed E-state index contributed by atoms with van der Waals surface area (Å²) >= 11 is 0. The van der Waals surface area contributed by atoms with Crippen molar-refractivity contribution < 1.29 is 12.9 Å². The molecule has 0 bridgehead atoms. The molecule has 3 rings (SSSR count). The van der Waals surface area contributed by atoms with Gasteiger partial charge in [-0.05, 0) is 40.0 Å². The van der Waals surface area contributed by atoms with Crippen molar-refractivity contribution in [2.45, 2.75) is 64.0 Å². The van der Waals surface area contributed by atoms with Crippen molar-refractivity contribution in [2.75, 3.05) is 31.9 Å². The first-order valence-corrected chi connectivity index (χ1v) is 11.7. The van der Waals surface area contributed by atoms with Gasteiger partial charge < -0.3 is 14.7 Å². The standard InChI is InChI=1S/C19H32N4O3S/c1-4-20-18(21-11-8-17-15(2)22-26-16(17)3)23-12-13-27(24,25)19(14-23)9-6-5-7-10-19/h4-14H2,1-3H3,(H,20,21). The molecule has 1 saturated heterocycles. The lowest BCUT2D eigenvalue weighted by Gasteiger charge is -2.45. The topological polar surface area (TPSA) is 87.8 Å². The van der Waals surface area contributed by atoms with Crippen LogP contribution in [0.15, 0.2) is 9.52 Å². The molecule has 1 spiro atoms. The number of nitrogens with one attached hydrogen (secondary N) is 1. The van der Waals surface area contributed by atoms with E-state index < -0.39 is 14.6 Å². The molecule has 0 amide bonds. The summed E-state index contributed by atoms with van der Waals surface area (Å²) in [4.78, 5) is 6.94.